The highest BCUT2D eigenvalue weighted by Crippen LogP contribution is 2.23. The van der Waals surface area contributed by atoms with Crippen LogP contribution in [0.2, 0.25) is 0 Å². The van der Waals surface area contributed by atoms with E-state index in [0.717, 1.165) is 0 Å². The zero-order valence-electron chi connectivity index (χ0n) is 14.1. The van der Waals surface area contributed by atoms with Gasteiger partial charge in [0.1, 0.15) is 12.2 Å². The molecule has 0 bridgehead atoms. The molecule has 0 aromatic heterocycles. The van der Waals surface area contributed by atoms with Crippen molar-refractivity contribution >= 4 is 11.9 Å². The number of hydrogen-bond donors (Lipinski definition) is 0. The molecule has 0 fully saturated rings. The summed E-state index contributed by atoms with van der Waals surface area (Å²) in [6.07, 6.45) is -0.530. The molecule has 0 saturated carbocycles. The first kappa shape index (κ1) is 18.9. The second-order valence-electron chi connectivity index (χ2n) is 6.46. The predicted molar refractivity (Wildman–Crippen MR) is 79.1 cm³/mol. The monoisotopic (exact) mass is 286 g/mol. The van der Waals surface area contributed by atoms with Gasteiger partial charge in [0.2, 0.25) is 0 Å². The van der Waals surface area contributed by atoms with Gasteiger partial charge in [-0.1, -0.05) is 48.5 Å². The van der Waals surface area contributed by atoms with Gasteiger partial charge >= 0.3 is 11.9 Å². The molecule has 0 saturated heterocycles. The number of carbonyl (C=O) groups excluding carboxylic acids is 2. The van der Waals surface area contributed by atoms with Crippen molar-refractivity contribution in [1.82, 2.24) is 0 Å². The Bertz CT molecular complexity index is 320. The summed E-state index contributed by atoms with van der Waals surface area (Å²) in [4.78, 5) is 23.4. The standard InChI is InChI=1S/C16H30O4/c1-9(2)14(20-16(18)11(5)6)12(7)13(8)19-15(17)10(3)4/h9-14H,1-8H3. The number of hydrogen-bond acceptors (Lipinski definition) is 4. The van der Waals surface area contributed by atoms with Crippen LogP contribution in [0.15, 0.2) is 0 Å². The van der Waals surface area contributed by atoms with Gasteiger partial charge in [0.25, 0.3) is 0 Å². The molecule has 0 rings (SSSR count). The molecule has 0 aromatic rings. The third-order valence-corrected chi connectivity index (χ3v) is 3.41. The van der Waals surface area contributed by atoms with Crippen molar-refractivity contribution in [2.24, 2.45) is 23.7 Å². The first-order valence-electron chi connectivity index (χ1n) is 7.48. The highest BCUT2D eigenvalue weighted by Gasteiger charge is 2.31. The van der Waals surface area contributed by atoms with Gasteiger partial charge in [0.05, 0.1) is 11.8 Å². The van der Waals surface area contributed by atoms with E-state index in [9.17, 15) is 9.59 Å². The molecule has 4 nitrogen and oxygen atoms in total. The third kappa shape index (κ3) is 5.93. The molecule has 0 aliphatic rings. The van der Waals surface area contributed by atoms with Gasteiger partial charge < -0.3 is 9.47 Å². The Morgan fingerprint density at radius 3 is 1.45 bits per heavy atom. The molecule has 0 aliphatic carbocycles. The SMILES string of the molecule is CC(C)C(=O)OC(C)C(C)C(OC(=O)C(C)C)C(C)C. The largest absolute Gasteiger partial charge is 0.462 e. The lowest BCUT2D eigenvalue weighted by Gasteiger charge is -2.32. The van der Waals surface area contributed by atoms with E-state index in [1.165, 1.54) is 0 Å². The fourth-order valence-corrected chi connectivity index (χ4v) is 1.81. The maximum Gasteiger partial charge on any atom is 0.308 e. The maximum atomic E-state index is 11.8. The average Bonchev–Trinajstić information content (AvgIpc) is 2.33. The minimum absolute atomic E-state index is 0.0413. The van der Waals surface area contributed by atoms with Gasteiger partial charge in [0.15, 0.2) is 0 Å². The van der Waals surface area contributed by atoms with Crippen molar-refractivity contribution in [2.75, 3.05) is 0 Å². The lowest BCUT2D eigenvalue weighted by molar-refractivity contribution is -0.167. The quantitative estimate of drug-likeness (QED) is 0.673. The van der Waals surface area contributed by atoms with Crippen LogP contribution in [0.3, 0.4) is 0 Å². The molecule has 20 heavy (non-hydrogen) atoms. The Hall–Kier alpha value is -1.06. The summed E-state index contributed by atoms with van der Waals surface area (Å²) < 4.78 is 11.0. The molecule has 3 unspecified atom stereocenters. The Morgan fingerprint density at radius 1 is 0.700 bits per heavy atom. The number of carbonyl (C=O) groups is 2. The van der Waals surface area contributed by atoms with Gasteiger partial charge in [-0.2, -0.15) is 0 Å². The first-order valence-corrected chi connectivity index (χ1v) is 7.48. The number of esters is 2. The second-order valence-corrected chi connectivity index (χ2v) is 6.46. The van der Waals surface area contributed by atoms with Crippen LogP contribution < -0.4 is 0 Å². The van der Waals surface area contributed by atoms with Gasteiger partial charge in [-0.25, -0.2) is 0 Å². The number of ether oxygens (including phenoxy) is 2. The Balaban J connectivity index is 4.75. The molecule has 4 heteroatoms. The third-order valence-electron chi connectivity index (χ3n) is 3.41. The van der Waals surface area contributed by atoms with Crippen molar-refractivity contribution in [2.45, 2.75) is 67.6 Å². The minimum atomic E-state index is -0.280. The molecule has 0 spiro atoms. The van der Waals surface area contributed by atoms with Crippen LogP contribution in [0.25, 0.3) is 0 Å². The van der Waals surface area contributed by atoms with E-state index >= 15 is 0 Å². The van der Waals surface area contributed by atoms with Crippen LogP contribution in [0.5, 0.6) is 0 Å². The van der Waals surface area contributed by atoms with Crippen molar-refractivity contribution in [3.05, 3.63) is 0 Å². The van der Waals surface area contributed by atoms with E-state index in [0.29, 0.717) is 0 Å². The lowest BCUT2D eigenvalue weighted by atomic mass is 9.90. The van der Waals surface area contributed by atoms with Crippen molar-refractivity contribution in [3.8, 4) is 0 Å². The molecule has 0 heterocycles. The second kappa shape index (κ2) is 8.28. The fraction of sp³-hybridized carbons (Fsp3) is 0.875. The van der Waals surface area contributed by atoms with Crippen LogP contribution in [-0.4, -0.2) is 24.1 Å². The fourth-order valence-electron chi connectivity index (χ4n) is 1.81. The maximum absolute atomic E-state index is 11.8. The topological polar surface area (TPSA) is 52.6 Å². The molecule has 0 aliphatic heterocycles. The molecule has 0 radical (unpaired) electrons. The van der Waals surface area contributed by atoms with E-state index in [1.807, 2.05) is 41.5 Å². The van der Waals surface area contributed by atoms with Gasteiger partial charge in [-0.05, 0) is 12.8 Å². The summed E-state index contributed by atoms with van der Waals surface area (Å²) in [5.74, 6) is -0.606. The Morgan fingerprint density at radius 2 is 1.10 bits per heavy atom. The molecular weight excluding hydrogens is 256 g/mol. The molecule has 0 aromatic carbocycles. The van der Waals surface area contributed by atoms with Crippen LogP contribution in [0, 0.1) is 23.7 Å². The molecule has 3 atom stereocenters. The van der Waals surface area contributed by atoms with E-state index in [1.54, 1.807) is 13.8 Å². The molecule has 0 amide bonds. The van der Waals surface area contributed by atoms with E-state index in [2.05, 4.69) is 0 Å². The van der Waals surface area contributed by atoms with Crippen molar-refractivity contribution in [1.29, 1.82) is 0 Å². The van der Waals surface area contributed by atoms with Crippen molar-refractivity contribution in [3.63, 3.8) is 0 Å². The normalized spacial score (nSPS) is 16.1. The molecule has 0 N–H and O–H groups in total. The van der Waals surface area contributed by atoms with Gasteiger partial charge in [-0.3, -0.25) is 9.59 Å². The summed E-state index contributed by atoms with van der Waals surface area (Å²) in [5, 5.41) is 0. The smallest absolute Gasteiger partial charge is 0.308 e. The lowest BCUT2D eigenvalue weighted by Crippen LogP contribution is -2.39. The highest BCUT2D eigenvalue weighted by molar-refractivity contribution is 5.72. The van der Waals surface area contributed by atoms with Gasteiger partial charge in [-0.15, -0.1) is 0 Å². The van der Waals surface area contributed by atoms with Crippen LogP contribution in [0.4, 0.5) is 0 Å². The van der Waals surface area contributed by atoms with E-state index < -0.39 is 0 Å². The zero-order valence-corrected chi connectivity index (χ0v) is 14.1. The summed E-state index contributed by atoms with van der Waals surface area (Å²) in [6.45, 7) is 15.0. The minimum Gasteiger partial charge on any atom is -0.462 e. The van der Waals surface area contributed by atoms with Crippen molar-refractivity contribution < 1.29 is 19.1 Å². The number of rotatable bonds is 7. The summed E-state index contributed by atoms with van der Waals surface area (Å²) in [6, 6.07) is 0. The summed E-state index contributed by atoms with van der Waals surface area (Å²) in [7, 11) is 0. The predicted octanol–water partition coefficient (Wildman–Crippen LogP) is 3.43. The van der Waals surface area contributed by atoms with Crippen LogP contribution in [0.1, 0.15) is 55.4 Å². The molecular formula is C16H30O4. The van der Waals surface area contributed by atoms with Crippen LogP contribution in [-0.2, 0) is 19.1 Å². The Kier molecular flexibility index (Phi) is 7.84. The zero-order chi connectivity index (χ0) is 16.0. The Labute approximate surface area is 123 Å². The molecule has 118 valence electrons. The average molecular weight is 286 g/mol. The van der Waals surface area contributed by atoms with Gasteiger partial charge in [0, 0.05) is 5.92 Å². The van der Waals surface area contributed by atoms with E-state index in [4.69, 9.17) is 9.47 Å². The first-order chi connectivity index (χ1) is 9.07. The highest BCUT2D eigenvalue weighted by atomic mass is 16.6. The van der Waals surface area contributed by atoms with Crippen LogP contribution >= 0.6 is 0 Å². The summed E-state index contributed by atoms with van der Waals surface area (Å²) in [5.41, 5.74) is 0. The summed E-state index contributed by atoms with van der Waals surface area (Å²) >= 11 is 0. The van der Waals surface area contributed by atoms with E-state index in [-0.39, 0.29) is 47.8 Å².